The topological polar surface area (TPSA) is 66.8 Å². The van der Waals surface area contributed by atoms with Crippen LogP contribution in [0.1, 0.15) is 19.8 Å². The molecule has 8 heteroatoms. The van der Waals surface area contributed by atoms with E-state index in [1.54, 1.807) is 6.07 Å². The number of fused-ring (bicyclic) bond motifs is 1. The summed E-state index contributed by atoms with van der Waals surface area (Å²) in [7, 11) is -3.07. The van der Waals surface area contributed by atoms with Crippen LogP contribution in [0.2, 0.25) is 5.02 Å². The van der Waals surface area contributed by atoms with Crippen molar-refractivity contribution in [3.8, 4) is 0 Å². The highest BCUT2D eigenvalue weighted by Crippen LogP contribution is 2.42. The second kappa shape index (κ2) is 6.45. The number of amidine groups is 1. The highest BCUT2D eigenvalue weighted by Gasteiger charge is 2.49. The molecular formula is C15H17ClN2O3S2. The smallest absolute Gasteiger partial charge is 0.248 e. The summed E-state index contributed by atoms with van der Waals surface area (Å²) < 4.78 is 23.9. The third-order valence-electron chi connectivity index (χ3n) is 3.86. The lowest BCUT2D eigenvalue weighted by Gasteiger charge is -2.25. The van der Waals surface area contributed by atoms with Gasteiger partial charge in [-0.25, -0.2) is 8.42 Å². The molecule has 1 aromatic rings. The second-order valence-corrected chi connectivity index (χ2v) is 9.43. The Morgan fingerprint density at radius 3 is 2.83 bits per heavy atom. The number of thioether (sulfide) groups is 1. The molecule has 0 aliphatic carbocycles. The van der Waals surface area contributed by atoms with Crippen molar-refractivity contribution in [3.63, 3.8) is 0 Å². The number of anilines is 1. The number of amides is 1. The molecule has 0 N–H and O–H groups in total. The number of carbonyl (C=O) groups excluding carboxylic acids is 1. The minimum absolute atomic E-state index is 0.0663. The van der Waals surface area contributed by atoms with Gasteiger partial charge in [-0.1, -0.05) is 42.4 Å². The first-order chi connectivity index (χ1) is 10.9. The van der Waals surface area contributed by atoms with Crippen LogP contribution in [0.25, 0.3) is 0 Å². The standard InChI is InChI=1S/C15H17ClN2O3S2/c1-2-5-14(19)17-15-18(11-7-4-3-6-10(11)16)12-8-23(20,21)9-13(12)22-15/h3-4,6-7,12-13H,2,5,8-9H2,1H3/t12-,13-/m0/s1. The maximum Gasteiger partial charge on any atom is 0.248 e. The molecule has 0 saturated carbocycles. The summed E-state index contributed by atoms with van der Waals surface area (Å²) in [6.45, 7) is 1.92. The van der Waals surface area contributed by atoms with Gasteiger partial charge in [0.1, 0.15) is 0 Å². The number of para-hydroxylation sites is 1. The van der Waals surface area contributed by atoms with Crippen LogP contribution in [0.4, 0.5) is 5.69 Å². The zero-order valence-corrected chi connectivity index (χ0v) is 15.0. The molecular weight excluding hydrogens is 356 g/mol. The Morgan fingerprint density at radius 1 is 1.39 bits per heavy atom. The van der Waals surface area contributed by atoms with Crippen molar-refractivity contribution < 1.29 is 13.2 Å². The molecule has 0 spiro atoms. The maximum atomic E-state index is 12.0. The van der Waals surface area contributed by atoms with Crippen molar-refractivity contribution in [2.75, 3.05) is 16.4 Å². The van der Waals surface area contributed by atoms with Gasteiger partial charge < -0.3 is 4.90 Å². The number of hydrogen-bond donors (Lipinski definition) is 0. The Kier molecular flexibility index (Phi) is 4.71. The van der Waals surface area contributed by atoms with E-state index in [0.29, 0.717) is 22.3 Å². The molecule has 5 nitrogen and oxygen atoms in total. The Balaban J connectivity index is 2.01. The van der Waals surface area contributed by atoms with Gasteiger partial charge >= 0.3 is 0 Å². The summed E-state index contributed by atoms with van der Waals surface area (Å²) in [6, 6.07) is 7.02. The molecule has 2 heterocycles. The van der Waals surface area contributed by atoms with Gasteiger partial charge in [-0.3, -0.25) is 4.79 Å². The number of sulfone groups is 1. The average Bonchev–Trinajstić information content (AvgIpc) is 2.91. The third kappa shape index (κ3) is 3.41. The Labute approximate surface area is 145 Å². The van der Waals surface area contributed by atoms with E-state index in [-0.39, 0.29) is 28.7 Å². The first-order valence-corrected chi connectivity index (χ1v) is 10.5. The number of rotatable bonds is 3. The molecule has 2 atom stereocenters. The summed E-state index contributed by atoms with van der Waals surface area (Å²) in [5.41, 5.74) is 0.703. The molecule has 2 fully saturated rings. The predicted octanol–water partition coefficient (Wildman–Crippen LogP) is 2.74. The fourth-order valence-electron chi connectivity index (χ4n) is 2.87. The molecule has 1 amide bonds. The molecule has 2 aliphatic rings. The fourth-order valence-corrected chi connectivity index (χ4v) is 7.02. The van der Waals surface area contributed by atoms with E-state index in [1.807, 2.05) is 30.0 Å². The molecule has 23 heavy (non-hydrogen) atoms. The van der Waals surface area contributed by atoms with Crippen LogP contribution >= 0.6 is 23.4 Å². The van der Waals surface area contributed by atoms with Crippen LogP contribution in [0.15, 0.2) is 29.3 Å². The number of hydrogen-bond acceptors (Lipinski definition) is 4. The van der Waals surface area contributed by atoms with Crippen LogP contribution in [-0.4, -0.2) is 42.3 Å². The SMILES string of the molecule is CCCC(=O)N=C1S[C@H]2CS(=O)(=O)C[C@@H]2N1c1ccccc1Cl. The van der Waals surface area contributed by atoms with E-state index >= 15 is 0 Å². The molecule has 2 saturated heterocycles. The van der Waals surface area contributed by atoms with Crippen molar-refractivity contribution in [3.05, 3.63) is 29.3 Å². The van der Waals surface area contributed by atoms with E-state index in [0.717, 1.165) is 6.42 Å². The number of halogens is 1. The predicted molar refractivity (Wildman–Crippen MR) is 95.1 cm³/mol. The van der Waals surface area contributed by atoms with E-state index in [2.05, 4.69) is 4.99 Å². The monoisotopic (exact) mass is 372 g/mol. The first kappa shape index (κ1) is 16.8. The van der Waals surface area contributed by atoms with Gasteiger partial charge in [0.2, 0.25) is 5.91 Å². The minimum Gasteiger partial charge on any atom is -0.314 e. The highest BCUT2D eigenvalue weighted by molar-refractivity contribution is 8.16. The average molecular weight is 373 g/mol. The van der Waals surface area contributed by atoms with Crippen LogP contribution < -0.4 is 4.90 Å². The molecule has 0 bridgehead atoms. The van der Waals surface area contributed by atoms with Crippen LogP contribution in [-0.2, 0) is 14.6 Å². The van der Waals surface area contributed by atoms with Gasteiger partial charge in [0.05, 0.1) is 28.3 Å². The van der Waals surface area contributed by atoms with Crippen LogP contribution in [0, 0.1) is 0 Å². The number of aliphatic imine (C=N–C) groups is 1. The normalized spacial score (nSPS) is 27.4. The number of nitrogens with zero attached hydrogens (tertiary/aromatic N) is 2. The van der Waals surface area contributed by atoms with Gasteiger partial charge in [0, 0.05) is 11.7 Å². The Morgan fingerprint density at radius 2 is 2.13 bits per heavy atom. The lowest BCUT2D eigenvalue weighted by molar-refractivity contribution is -0.117. The maximum absolute atomic E-state index is 12.0. The number of carbonyl (C=O) groups is 1. The summed E-state index contributed by atoms with van der Waals surface area (Å²) in [5.74, 6) is -0.00359. The van der Waals surface area contributed by atoms with Gasteiger partial charge in [0.25, 0.3) is 0 Å². The van der Waals surface area contributed by atoms with Crippen molar-refractivity contribution in [1.82, 2.24) is 0 Å². The summed E-state index contributed by atoms with van der Waals surface area (Å²) >= 11 is 7.66. The molecule has 0 aromatic heterocycles. The van der Waals surface area contributed by atoms with Gasteiger partial charge in [0.15, 0.2) is 15.0 Å². The van der Waals surface area contributed by atoms with Gasteiger partial charge in [-0.2, -0.15) is 4.99 Å². The van der Waals surface area contributed by atoms with E-state index in [4.69, 9.17) is 11.6 Å². The van der Waals surface area contributed by atoms with Gasteiger partial charge in [-0.15, -0.1) is 0 Å². The first-order valence-electron chi connectivity index (χ1n) is 7.43. The van der Waals surface area contributed by atoms with E-state index in [1.165, 1.54) is 11.8 Å². The van der Waals surface area contributed by atoms with Gasteiger partial charge in [-0.05, 0) is 18.6 Å². The van der Waals surface area contributed by atoms with Crippen molar-refractivity contribution in [1.29, 1.82) is 0 Å². The Bertz CT molecular complexity index is 764. The lowest BCUT2D eigenvalue weighted by Crippen LogP contribution is -2.37. The largest absolute Gasteiger partial charge is 0.314 e. The van der Waals surface area contributed by atoms with Crippen LogP contribution in [0.3, 0.4) is 0 Å². The quantitative estimate of drug-likeness (QED) is 0.816. The highest BCUT2D eigenvalue weighted by atomic mass is 35.5. The lowest BCUT2D eigenvalue weighted by atomic mass is 10.2. The van der Waals surface area contributed by atoms with Crippen molar-refractivity contribution in [2.45, 2.75) is 31.1 Å². The third-order valence-corrected chi connectivity index (χ3v) is 7.39. The zero-order chi connectivity index (χ0) is 16.6. The van der Waals surface area contributed by atoms with Crippen molar-refractivity contribution in [2.24, 2.45) is 4.99 Å². The summed E-state index contributed by atoms with van der Waals surface area (Å²) in [5, 5.41) is 0.972. The minimum atomic E-state index is -3.07. The van der Waals surface area contributed by atoms with Crippen molar-refractivity contribution >= 4 is 50.0 Å². The molecule has 0 radical (unpaired) electrons. The molecule has 1 aromatic carbocycles. The fraction of sp³-hybridized carbons (Fsp3) is 0.467. The molecule has 0 unspecified atom stereocenters. The Hall–Kier alpha value is -1.05. The number of benzene rings is 1. The zero-order valence-electron chi connectivity index (χ0n) is 12.6. The summed E-state index contributed by atoms with van der Waals surface area (Å²) in [6.07, 6.45) is 1.11. The molecule has 3 rings (SSSR count). The van der Waals surface area contributed by atoms with E-state index in [9.17, 15) is 13.2 Å². The van der Waals surface area contributed by atoms with Crippen LogP contribution in [0.5, 0.6) is 0 Å². The second-order valence-electron chi connectivity index (χ2n) is 5.66. The van der Waals surface area contributed by atoms with E-state index < -0.39 is 9.84 Å². The summed E-state index contributed by atoms with van der Waals surface area (Å²) in [4.78, 5) is 18.0. The molecule has 124 valence electrons. The molecule has 2 aliphatic heterocycles.